The Labute approximate surface area is 101 Å². The maximum atomic E-state index is 11.6. The van der Waals surface area contributed by atoms with Gasteiger partial charge in [0.25, 0.3) is 0 Å². The van der Waals surface area contributed by atoms with Crippen LogP contribution in [0, 0.1) is 11.8 Å². The molecule has 0 spiro atoms. The van der Waals surface area contributed by atoms with E-state index in [9.17, 15) is 4.79 Å². The predicted molar refractivity (Wildman–Crippen MR) is 66.2 cm³/mol. The van der Waals surface area contributed by atoms with E-state index in [-0.39, 0.29) is 23.9 Å². The zero-order valence-corrected chi connectivity index (χ0v) is 10.0. The third-order valence-electron chi connectivity index (χ3n) is 4.21. The zero-order valence-electron chi connectivity index (χ0n) is 10.0. The molecule has 3 atom stereocenters. The van der Waals surface area contributed by atoms with E-state index < -0.39 is 0 Å². The highest BCUT2D eigenvalue weighted by Gasteiger charge is 2.46. The Balaban J connectivity index is 2.06. The maximum absolute atomic E-state index is 11.6. The first-order valence-electron chi connectivity index (χ1n) is 6.06. The lowest BCUT2D eigenvalue weighted by Gasteiger charge is -2.23. The van der Waals surface area contributed by atoms with Crippen LogP contribution in [0.3, 0.4) is 0 Å². The summed E-state index contributed by atoms with van der Waals surface area (Å²) in [5.41, 5.74) is 4.38. The van der Waals surface area contributed by atoms with Crippen LogP contribution < -0.4 is 0 Å². The van der Waals surface area contributed by atoms with Gasteiger partial charge in [-0.05, 0) is 30.9 Å². The van der Waals surface area contributed by atoms with E-state index in [0.717, 1.165) is 18.4 Å². The van der Waals surface area contributed by atoms with Crippen LogP contribution in [0.1, 0.15) is 19.8 Å². The largest absolute Gasteiger partial charge is 0.457 e. The monoisotopic (exact) mass is 228 g/mol. The van der Waals surface area contributed by atoms with Gasteiger partial charge in [0.05, 0.1) is 0 Å². The quantitative estimate of drug-likeness (QED) is 0.470. The van der Waals surface area contributed by atoms with Crippen molar-refractivity contribution < 1.29 is 9.53 Å². The summed E-state index contributed by atoms with van der Waals surface area (Å²) in [7, 11) is 0. The molecule has 3 aliphatic rings. The first-order valence-corrected chi connectivity index (χ1v) is 6.06. The smallest absolute Gasteiger partial charge is 0.334 e. The van der Waals surface area contributed by atoms with E-state index in [1.165, 1.54) is 11.1 Å². The number of fused-ring (bicyclic) bond motifs is 3. The average Bonchev–Trinajstić information content (AvgIpc) is 2.75. The second-order valence-electron chi connectivity index (χ2n) is 5.16. The molecular formula is C15H16O2. The molecule has 0 amide bonds. The third kappa shape index (κ3) is 1.36. The number of hydrogen-bond acceptors (Lipinski definition) is 2. The van der Waals surface area contributed by atoms with Gasteiger partial charge in [-0.2, -0.15) is 0 Å². The Morgan fingerprint density at radius 3 is 2.88 bits per heavy atom. The molecule has 0 N–H and O–H groups in total. The van der Waals surface area contributed by atoms with Gasteiger partial charge in [0, 0.05) is 17.4 Å². The highest BCUT2D eigenvalue weighted by Crippen LogP contribution is 2.47. The minimum absolute atomic E-state index is 0.0788. The molecule has 0 saturated carbocycles. The number of rotatable bonds is 0. The molecule has 2 heteroatoms. The normalized spacial score (nSPS) is 35.8. The summed E-state index contributed by atoms with van der Waals surface area (Å²) in [6, 6.07) is 0. The Kier molecular flexibility index (Phi) is 2.15. The molecule has 1 fully saturated rings. The predicted octanol–water partition coefficient (Wildman–Crippen LogP) is 2.94. The molecule has 2 nitrogen and oxygen atoms in total. The number of carbonyl (C=O) groups excluding carboxylic acids is 1. The molecule has 0 radical (unpaired) electrons. The minimum atomic E-state index is -0.224. The van der Waals surface area contributed by atoms with Crippen molar-refractivity contribution in [1.82, 2.24) is 0 Å². The van der Waals surface area contributed by atoms with Crippen molar-refractivity contribution in [3.8, 4) is 0 Å². The fourth-order valence-electron chi connectivity index (χ4n) is 3.19. The standard InChI is InChI=1S/C15H16O2/c1-8-4-7-12-10(3)15(16)17-14(12)13-9(2)5-6-11(8)13/h5-6,12-14H,2-4,7H2,1H3. The lowest BCUT2D eigenvalue weighted by atomic mass is 9.83. The van der Waals surface area contributed by atoms with E-state index in [2.05, 4.69) is 26.2 Å². The molecule has 17 heavy (non-hydrogen) atoms. The molecule has 1 aliphatic heterocycles. The molecule has 1 heterocycles. The SMILES string of the molecule is C=C1C(=O)OC2C1CCC(C)=C1C=CC(=C)C12. The van der Waals surface area contributed by atoms with Crippen LogP contribution in [0.15, 0.2) is 47.6 Å². The highest BCUT2D eigenvalue weighted by molar-refractivity contribution is 5.91. The van der Waals surface area contributed by atoms with Gasteiger partial charge in [-0.3, -0.25) is 0 Å². The van der Waals surface area contributed by atoms with E-state index in [1.807, 2.05) is 6.08 Å². The molecule has 2 aliphatic carbocycles. The lowest BCUT2D eigenvalue weighted by molar-refractivity contribution is -0.140. The van der Waals surface area contributed by atoms with Crippen LogP contribution >= 0.6 is 0 Å². The number of allylic oxidation sites excluding steroid dienone is 3. The summed E-state index contributed by atoms with van der Waals surface area (Å²) in [5.74, 6) is 0.0981. The number of esters is 1. The second kappa shape index (κ2) is 3.46. The van der Waals surface area contributed by atoms with Gasteiger partial charge in [0.2, 0.25) is 0 Å². The van der Waals surface area contributed by atoms with Gasteiger partial charge in [-0.15, -0.1) is 0 Å². The first kappa shape index (κ1) is 10.6. The lowest BCUT2D eigenvalue weighted by Crippen LogP contribution is -2.26. The average molecular weight is 228 g/mol. The molecule has 0 aromatic heterocycles. The van der Waals surface area contributed by atoms with Crippen molar-refractivity contribution in [2.24, 2.45) is 11.8 Å². The van der Waals surface area contributed by atoms with Gasteiger partial charge >= 0.3 is 5.97 Å². The molecule has 0 aromatic rings. The van der Waals surface area contributed by atoms with Crippen LogP contribution in [0.2, 0.25) is 0 Å². The van der Waals surface area contributed by atoms with E-state index in [0.29, 0.717) is 5.57 Å². The number of ether oxygens (including phenoxy) is 1. The molecule has 0 aromatic carbocycles. The van der Waals surface area contributed by atoms with E-state index in [1.54, 1.807) is 0 Å². The second-order valence-corrected chi connectivity index (χ2v) is 5.16. The van der Waals surface area contributed by atoms with E-state index >= 15 is 0 Å². The van der Waals surface area contributed by atoms with Crippen molar-refractivity contribution >= 4 is 5.97 Å². The first-order chi connectivity index (χ1) is 8.09. The molecule has 1 saturated heterocycles. The van der Waals surface area contributed by atoms with Crippen molar-refractivity contribution in [2.75, 3.05) is 0 Å². The van der Waals surface area contributed by atoms with E-state index in [4.69, 9.17) is 4.74 Å². The third-order valence-corrected chi connectivity index (χ3v) is 4.21. The van der Waals surface area contributed by atoms with Crippen LogP contribution in [-0.2, 0) is 9.53 Å². The van der Waals surface area contributed by atoms with Crippen molar-refractivity contribution in [3.63, 3.8) is 0 Å². The minimum Gasteiger partial charge on any atom is -0.457 e. The van der Waals surface area contributed by atoms with Gasteiger partial charge in [0.15, 0.2) is 0 Å². The summed E-state index contributed by atoms with van der Waals surface area (Å²) in [6.07, 6.45) is 6.06. The highest BCUT2D eigenvalue weighted by atomic mass is 16.6. The number of carbonyl (C=O) groups is 1. The van der Waals surface area contributed by atoms with Gasteiger partial charge < -0.3 is 4.74 Å². The van der Waals surface area contributed by atoms with Crippen LogP contribution in [0.4, 0.5) is 0 Å². The van der Waals surface area contributed by atoms with Crippen molar-refractivity contribution in [2.45, 2.75) is 25.9 Å². The summed E-state index contributed by atoms with van der Waals surface area (Å²) in [6.45, 7) is 10.1. The number of hydrogen-bond donors (Lipinski definition) is 0. The van der Waals surface area contributed by atoms with Gasteiger partial charge in [-0.1, -0.05) is 30.9 Å². The Morgan fingerprint density at radius 1 is 1.35 bits per heavy atom. The zero-order chi connectivity index (χ0) is 12.2. The molecular weight excluding hydrogens is 212 g/mol. The van der Waals surface area contributed by atoms with Crippen LogP contribution in [-0.4, -0.2) is 12.1 Å². The topological polar surface area (TPSA) is 26.3 Å². The summed E-state index contributed by atoms with van der Waals surface area (Å²) in [4.78, 5) is 11.6. The molecule has 88 valence electrons. The fourth-order valence-corrected chi connectivity index (χ4v) is 3.19. The van der Waals surface area contributed by atoms with Gasteiger partial charge in [0.1, 0.15) is 6.10 Å². The van der Waals surface area contributed by atoms with Gasteiger partial charge in [-0.25, -0.2) is 4.79 Å². The Bertz CT molecular complexity index is 493. The maximum Gasteiger partial charge on any atom is 0.334 e. The summed E-state index contributed by atoms with van der Waals surface area (Å²) < 4.78 is 5.52. The molecule has 0 bridgehead atoms. The molecule has 3 unspecified atom stereocenters. The van der Waals surface area contributed by atoms with Crippen LogP contribution in [0.5, 0.6) is 0 Å². The Morgan fingerprint density at radius 2 is 2.12 bits per heavy atom. The van der Waals surface area contributed by atoms with Crippen LogP contribution in [0.25, 0.3) is 0 Å². The summed E-state index contributed by atoms with van der Waals surface area (Å²) in [5, 5.41) is 0. The van der Waals surface area contributed by atoms with Crippen molar-refractivity contribution in [1.29, 1.82) is 0 Å². The van der Waals surface area contributed by atoms with Crippen molar-refractivity contribution in [3.05, 3.63) is 47.6 Å². The summed E-state index contributed by atoms with van der Waals surface area (Å²) >= 11 is 0. The molecule has 3 rings (SSSR count). The Hall–Kier alpha value is -1.57. The fraction of sp³-hybridized carbons (Fsp3) is 0.400.